The van der Waals surface area contributed by atoms with Crippen LogP contribution >= 0.6 is 11.3 Å². The third-order valence-corrected chi connectivity index (χ3v) is 16.1. The molecule has 8 nitrogen and oxygen atoms in total. The van der Waals surface area contributed by atoms with Gasteiger partial charge in [0.15, 0.2) is 11.4 Å². The second kappa shape index (κ2) is 19.8. The first-order valence-corrected chi connectivity index (χ1v) is 26.2. The predicted octanol–water partition coefficient (Wildman–Crippen LogP) is 13.1. The summed E-state index contributed by atoms with van der Waals surface area (Å²) in [4.78, 5) is 44.9. The summed E-state index contributed by atoms with van der Waals surface area (Å²) in [7, 11) is -2.05. The number of benzene rings is 7. The largest absolute Gasteiger partial charge is 0.935 e. The zero-order chi connectivity index (χ0) is 52.4. The Hall–Kier alpha value is -8.20. The Bertz CT molecular complexity index is 4180. The Morgan fingerprint density at radius 1 is 0.697 bits per heavy atom. The summed E-state index contributed by atoms with van der Waals surface area (Å²) in [6, 6.07) is 41.7. The highest BCUT2D eigenvalue weighted by Gasteiger charge is 2.48. The molecule has 0 unspecified atom stereocenters. The number of carbonyl (C=O) groups excluding carboxylic acids is 1. The fourth-order valence-corrected chi connectivity index (χ4v) is 12.8. The summed E-state index contributed by atoms with van der Waals surface area (Å²) in [5.74, 6) is -3.23. The van der Waals surface area contributed by atoms with Crippen LogP contribution in [0.25, 0.3) is 64.2 Å². The predicted molar refractivity (Wildman–Crippen MR) is 295 cm³/mol. The van der Waals surface area contributed by atoms with Crippen molar-refractivity contribution >= 4 is 77.7 Å². The van der Waals surface area contributed by atoms with Gasteiger partial charge in [0.1, 0.15) is 17.4 Å². The van der Waals surface area contributed by atoms with E-state index in [-0.39, 0.29) is 29.1 Å². The van der Waals surface area contributed by atoms with E-state index in [2.05, 4.69) is 23.2 Å². The number of aliphatic hydroxyl groups excluding tert-OH is 1. The molecule has 0 amide bonds. The van der Waals surface area contributed by atoms with Crippen LogP contribution in [0.1, 0.15) is 71.2 Å². The number of hydrogen-bond donors (Lipinski definition) is 2. The standard InChI is InChI=1S/C61H42BF4N3O4S.CH4O/c63-47-32-40(73-53(70)21-7-10-34-22-24-39(25-23-34)68-60(71)45-27-26-44-43-19-5-6-20-51(43)74-52-29-28-46(61(68)72)54(45)55(44)52)33-48(64)56(47)57(49-30-37-15-8-13-35-11-1-3-17-41(35)58(37)67-49)50-31-38-16-9-14-36-12-2-4-18-42(36)59(38)69(50)62(65)66;1-2/h1-6,11-12,17-20,22-33H,7-10,13-16,21H2;2H,1H3/p+1. The lowest BCUT2D eigenvalue weighted by molar-refractivity contribution is -0.340. The molecule has 3 aromatic heterocycles. The number of H-pyrrole nitrogens is 1. The van der Waals surface area contributed by atoms with Gasteiger partial charge < -0.3 is 14.8 Å². The van der Waals surface area contributed by atoms with Crippen LogP contribution in [-0.2, 0) is 30.5 Å². The van der Waals surface area contributed by atoms with Crippen LogP contribution in [0.5, 0.6) is 5.75 Å². The van der Waals surface area contributed by atoms with Crippen LogP contribution in [0.15, 0.2) is 166 Å². The van der Waals surface area contributed by atoms with Crippen molar-refractivity contribution in [2.75, 3.05) is 7.11 Å². The van der Waals surface area contributed by atoms with Gasteiger partial charge in [0, 0.05) is 85.1 Å². The number of halogens is 4. The van der Waals surface area contributed by atoms with E-state index in [1.165, 1.54) is 4.57 Å². The van der Waals surface area contributed by atoms with Crippen LogP contribution in [0.4, 0.5) is 17.4 Å². The molecule has 2 N–H and O–H groups in total. The van der Waals surface area contributed by atoms with Crippen LogP contribution in [0, 0.1) is 11.6 Å². The minimum Gasteiger partial charge on any atom is -0.426 e. The van der Waals surface area contributed by atoms with Crippen molar-refractivity contribution in [1.29, 1.82) is 0 Å². The summed E-state index contributed by atoms with van der Waals surface area (Å²) in [5, 5.41) is 11.5. The minimum atomic E-state index is -3.05. The lowest BCUT2D eigenvalue weighted by Crippen LogP contribution is -2.31. The topological polar surface area (TPSA) is 104 Å². The highest BCUT2D eigenvalue weighted by atomic mass is 32.1. The number of nitrogens with zero attached hydrogens (tertiary/aromatic N) is 2. The van der Waals surface area contributed by atoms with Gasteiger partial charge in [0.25, 0.3) is 11.1 Å². The molecule has 7 aromatic carbocycles. The molecule has 0 spiro atoms. The number of fused-ring (bicyclic) bond motifs is 8. The number of carbonyl (C=O) groups is 1. The van der Waals surface area contributed by atoms with E-state index in [9.17, 15) is 14.4 Å². The van der Waals surface area contributed by atoms with Crippen molar-refractivity contribution in [3.8, 4) is 22.7 Å². The van der Waals surface area contributed by atoms with Crippen molar-refractivity contribution < 1.29 is 36.5 Å². The number of rotatable bonds is 9. The van der Waals surface area contributed by atoms with Crippen LogP contribution in [0.2, 0.25) is 0 Å². The molecular formula is C62H47BF4N3O5S+. The van der Waals surface area contributed by atoms with E-state index < -0.39 is 41.7 Å². The third-order valence-electron chi connectivity index (χ3n) is 15.0. The number of pyridine rings is 1. The van der Waals surface area contributed by atoms with Gasteiger partial charge in [-0.25, -0.2) is 26.5 Å². The minimum absolute atomic E-state index is 0.0344. The van der Waals surface area contributed by atoms with Gasteiger partial charge in [-0.3, -0.25) is 14.4 Å². The zero-order valence-electron chi connectivity index (χ0n) is 41.2. The molecule has 10 aromatic rings. The van der Waals surface area contributed by atoms with Gasteiger partial charge in [-0.1, -0.05) is 78.9 Å². The summed E-state index contributed by atoms with van der Waals surface area (Å²) >= 11 is 1.63. The van der Waals surface area contributed by atoms with E-state index in [1.807, 2.05) is 72.8 Å². The quantitative estimate of drug-likeness (QED) is 0.0374. The molecule has 376 valence electrons. The molecule has 13 rings (SSSR count). The van der Waals surface area contributed by atoms with Crippen LogP contribution in [-0.4, -0.2) is 45.3 Å². The number of aliphatic hydroxyl groups is 1. The Kier molecular flexibility index (Phi) is 12.7. The van der Waals surface area contributed by atoms with Crippen molar-refractivity contribution in [1.82, 2.24) is 9.55 Å². The number of aromatic nitrogens is 2. The second-order valence-corrected chi connectivity index (χ2v) is 20.4. The molecule has 0 radical (unpaired) electrons. The van der Waals surface area contributed by atoms with Crippen molar-refractivity contribution in [2.24, 2.45) is 0 Å². The molecule has 0 bridgehead atoms. The number of nitrogens with one attached hydrogen (secondary N) is 1. The van der Waals surface area contributed by atoms with Gasteiger partial charge in [-0.05, 0) is 133 Å². The van der Waals surface area contributed by atoms with Crippen LogP contribution in [0.3, 0.4) is 0 Å². The highest BCUT2D eigenvalue weighted by molar-refractivity contribution is 7.25. The zero-order valence-corrected chi connectivity index (χ0v) is 42.0. The highest BCUT2D eigenvalue weighted by Crippen LogP contribution is 2.43. The maximum Gasteiger partial charge on any atom is 0.935 e. The molecule has 0 atom stereocenters. The maximum absolute atomic E-state index is 16.9. The Labute approximate surface area is 437 Å². The number of allylic oxidation sites excluding steroid dienone is 2. The fraction of sp³-hybridized carbons (Fsp3) is 0.161. The third kappa shape index (κ3) is 8.27. The molecular weight excluding hydrogens is 986 g/mol. The normalized spacial score (nSPS) is 14.6. The number of hydrogen-bond acceptors (Lipinski definition) is 6. The summed E-state index contributed by atoms with van der Waals surface area (Å²) in [6.45, 7) is 0. The maximum atomic E-state index is 16.9. The van der Waals surface area contributed by atoms with Gasteiger partial charge in [0.05, 0.1) is 22.5 Å². The SMILES string of the molecule is CO.O=C(CCCc1ccc(-n2c(=O)c3ccc4sc5ccccc5c5ccc(c2=O)c3c45)cc1)Oc1cc(F)c(/C(=C2\C=C3CCCc4ccccc4C3=[N+]2B(F)F)c2cc3c([nH]2)-c2ccccc2CCC3)c(F)c1. The first kappa shape index (κ1) is 48.7. The number of esters is 1. The van der Waals surface area contributed by atoms with Gasteiger partial charge >= 0.3 is 13.4 Å². The van der Waals surface area contributed by atoms with Crippen molar-refractivity contribution in [3.63, 3.8) is 0 Å². The van der Waals surface area contributed by atoms with Crippen molar-refractivity contribution in [3.05, 3.63) is 228 Å². The van der Waals surface area contributed by atoms with E-state index in [1.54, 1.807) is 53.8 Å². The molecule has 0 saturated carbocycles. The molecule has 76 heavy (non-hydrogen) atoms. The van der Waals surface area contributed by atoms with Gasteiger partial charge in [-0.2, -0.15) is 0 Å². The lowest BCUT2D eigenvalue weighted by atomic mass is 9.96. The Balaban J connectivity index is 0.00000288. The first-order valence-electron chi connectivity index (χ1n) is 25.4. The fourth-order valence-electron chi connectivity index (χ4n) is 11.7. The first-order chi connectivity index (χ1) is 37.1. The summed E-state index contributed by atoms with van der Waals surface area (Å²) in [5.41, 5.74) is 6.41. The van der Waals surface area contributed by atoms with Crippen molar-refractivity contribution in [2.45, 2.75) is 57.8 Å². The average molecular weight is 1030 g/mol. The molecule has 2 aliphatic carbocycles. The summed E-state index contributed by atoms with van der Waals surface area (Å²) < 4.78 is 74.9. The Morgan fingerprint density at radius 2 is 1.33 bits per heavy atom. The Morgan fingerprint density at radius 3 is 2.07 bits per heavy atom. The van der Waals surface area contributed by atoms with Gasteiger partial charge in [-0.15, -0.1) is 11.3 Å². The van der Waals surface area contributed by atoms with E-state index in [4.69, 9.17) is 9.84 Å². The van der Waals surface area contributed by atoms with Gasteiger partial charge in [0.2, 0.25) is 0 Å². The molecule has 14 heteroatoms. The van der Waals surface area contributed by atoms with Crippen LogP contribution < -0.4 is 15.9 Å². The smallest absolute Gasteiger partial charge is 0.426 e. The molecule has 0 saturated heterocycles. The second-order valence-electron chi connectivity index (χ2n) is 19.4. The molecule has 1 aliphatic heterocycles. The van der Waals surface area contributed by atoms with E-state index in [0.29, 0.717) is 77.2 Å². The molecule has 3 aliphatic rings. The lowest BCUT2D eigenvalue weighted by Gasteiger charge is -2.14. The van der Waals surface area contributed by atoms with E-state index >= 15 is 17.4 Å². The molecule has 0 fully saturated rings. The number of aryl methyl sites for hydroxylation is 4. The average Bonchev–Trinajstić information content (AvgIpc) is 3.96. The monoisotopic (exact) mass is 1030 g/mol. The number of ether oxygens (including phenoxy) is 1. The van der Waals surface area contributed by atoms with E-state index in [0.717, 1.165) is 95.6 Å². The number of aromatic amines is 1. The molecule has 4 heterocycles. The summed E-state index contributed by atoms with van der Waals surface area (Å²) in [6.07, 6.45) is 6.56.